The molecule has 3 aliphatic heterocycles. The molecule has 4 fully saturated rings. The zero-order valence-corrected chi connectivity index (χ0v) is 14.7. The van der Waals surface area contributed by atoms with E-state index < -0.39 is 0 Å². The van der Waals surface area contributed by atoms with Gasteiger partial charge < -0.3 is 10.2 Å². The van der Waals surface area contributed by atoms with E-state index >= 15 is 0 Å². The predicted octanol–water partition coefficient (Wildman–Crippen LogP) is 1.64. The molecule has 134 valence electrons. The van der Waals surface area contributed by atoms with Crippen LogP contribution < -0.4 is 5.32 Å². The number of hydrogen-bond donors (Lipinski definition) is 1. The van der Waals surface area contributed by atoms with E-state index in [4.69, 9.17) is 0 Å². The van der Waals surface area contributed by atoms with Crippen LogP contribution in [0.2, 0.25) is 0 Å². The number of nitrogens with one attached hydrogen (secondary N) is 1. The Balaban J connectivity index is 1.32. The van der Waals surface area contributed by atoms with E-state index in [1.807, 2.05) is 30.3 Å². The molecule has 0 aromatic heterocycles. The number of benzene rings is 1. The largest absolute Gasteiger partial charge is 0.351 e. The lowest BCUT2D eigenvalue weighted by Crippen LogP contribution is -2.48. The van der Waals surface area contributed by atoms with Gasteiger partial charge in [-0.25, -0.2) is 0 Å². The van der Waals surface area contributed by atoms with Gasteiger partial charge in [-0.2, -0.15) is 0 Å². The molecule has 1 saturated carbocycles. The van der Waals surface area contributed by atoms with Crippen molar-refractivity contribution in [3.05, 3.63) is 35.9 Å². The lowest BCUT2D eigenvalue weighted by Gasteiger charge is -2.36. The maximum absolute atomic E-state index is 12.7. The van der Waals surface area contributed by atoms with E-state index in [-0.39, 0.29) is 11.8 Å². The second-order valence-corrected chi connectivity index (χ2v) is 7.82. The fourth-order valence-electron chi connectivity index (χ4n) is 4.13. The second-order valence-electron chi connectivity index (χ2n) is 7.82. The molecule has 1 aromatic carbocycles. The first-order valence-corrected chi connectivity index (χ1v) is 9.52. The zero-order valence-electron chi connectivity index (χ0n) is 14.7. The summed E-state index contributed by atoms with van der Waals surface area (Å²) in [4.78, 5) is 29.4. The Hall–Kier alpha value is -1.88. The van der Waals surface area contributed by atoms with Crippen molar-refractivity contribution in [2.24, 2.45) is 11.8 Å². The van der Waals surface area contributed by atoms with Crippen LogP contribution in [0.4, 0.5) is 0 Å². The third kappa shape index (κ3) is 4.03. The Labute approximate surface area is 149 Å². The molecule has 5 rings (SSSR count). The maximum Gasteiger partial charge on any atom is 0.234 e. The van der Waals surface area contributed by atoms with Crippen LogP contribution in [0.15, 0.2) is 30.3 Å². The van der Waals surface area contributed by atoms with Crippen LogP contribution in [0.5, 0.6) is 0 Å². The Morgan fingerprint density at radius 3 is 2.64 bits per heavy atom. The molecule has 1 aliphatic carbocycles. The van der Waals surface area contributed by atoms with E-state index in [1.54, 1.807) is 0 Å². The molecular weight excluding hydrogens is 314 g/mol. The van der Waals surface area contributed by atoms with Crippen LogP contribution in [0.3, 0.4) is 0 Å². The van der Waals surface area contributed by atoms with Gasteiger partial charge in [0, 0.05) is 32.2 Å². The fraction of sp³-hybridized carbons (Fsp3) is 0.600. The van der Waals surface area contributed by atoms with Crippen molar-refractivity contribution in [3.63, 3.8) is 0 Å². The molecule has 0 spiro atoms. The first kappa shape index (κ1) is 16.6. The van der Waals surface area contributed by atoms with Crippen molar-refractivity contribution in [3.8, 4) is 0 Å². The number of fused-ring (bicyclic) bond motifs is 4. The molecule has 4 aliphatic rings. The standard InChI is InChI=1S/C20H27N3O2/c24-19(21-10-15-4-2-1-3-5-15)14-22-12-17-8-9-18(13-22)23(20(17)25)11-16-6-7-16/h1-5,16-18H,6-14H2,(H,21,24)/t17-,18+/m0/s1. The van der Waals surface area contributed by atoms with Gasteiger partial charge in [-0.1, -0.05) is 30.3 Å². The van der Waals surface area contributed by atoms with Gasteiger partial charge in [-0.15, -0.1) is 0 Å². The number of rotatable bonds is 6. The van der Waals surface area contributed by atoms with Gasteiger partial charge in [0.1, 0.15) is 0 Å². The van der Waals surface area contributed by atoms with Crippen LogP contribution >= 0.6 is 0 Å². The summed E-state index contributed by atoms with van der Waals surface area (Å²) < 4.78 is 0. The monoisotopic (exact) mass is 341 g/mol. The summed E-state index contributed by atoms with van der Waals surface area (Å²) in [7, 11) is 0. The molecule has 1 N–H and O–H groups in total. The molecule has 0 unspecified atom stereocenters. The average Bonchev–Trinajstić information content (AvgIpc) is 3.45. The first-order chi connectivity index (χ1) is 12.2. The summed E-state index contributed by atoms with van der Waals surface area (Å²) >= 11 is 0. The fourth-order valence-corrected chi connectivity index (χ4v) is 4.13. The van der Waals surface area contributed by atoms with Crippen molar-refractivity contribution in [1.82, 2.24) is 15.1 Å². The van der Waals surface area contributed by atoms with Gasteiger partial charge >= 0.3 is 0 Å². The summed E-state index contributed by atoms with van der Waals surface area (Å²) in [5, 5.41) is 3.00. The number of piperidine rings is 1. The van der Waals surface area contributed by atoms with Crippen LogP contribution in [0.25, 0.3) is 0 Å². The highest BCUT2D eigenvalue weighted by Crippen LogP contribution is 2.35. The van der Waals surface area contributed by atoms with Crippen molar-refractivity contribution >= 4 is 11.8 Å². The van der Waals surface area contributed by atoms with Gasteiger partial charge in [0.25, 0.3) is 0 Å². The SMILES string of the molecule is O=C(CN1C[C@@H]2CC[C@H](C1)N(CC1CC1)C2=O)NCc1ccccc1. The summed E-state index contributed by atoms with van der Waals surface area (Å²) in [6.45, 7) is 3.47. The molecule has 2 bridgehead atoms. The molecular formula is C20H27N3O2. The normalized spacial score (nSPS) is 26.6. The van der Waals surface area contributed by atoms with Crippen molar-refractivity contribution in [1.29, 1.82) is 0 Å². The number of nitrogens with zero attached hydrogens (tertiary/aromatic N) is 2. The lowest BCUT2D eigenvalue weighted by atomic mass is 9.94. The lowest BCUT2D eigenvalue weighted by molar-refractivity contribution is -0.140. The van der Waals surface area contributed by atoms with E-state index in [0.29, 0.717) is 25.0 Å². The average molecular weight is 341 g/mol. The number of carbonyl (C=O) groups excluding carboxylic acids is 2. The number of amides is 2. The van der Waals surface area contributed by atoms with Crippen LogP contribution in [-0.2, 0) is 16.1 Å². The molecule has 1 aromatic rings. The zero-order chi connectivity index (χ0) is 17.2. The van der Waals surface area contributed by atoms with Gasteiger partial charge in [0.15, 0.2) is 0 Å². The summed E-state index contributed by atoms with van der Waals surface area (Å²) in [5.74, 6) is 1.19. The van der Waals surface area contributed by atoms with Crippen LogP contribution in [-0.4, -0.2) is 53.8 Å². The minimum absolute atomic E-state index is 0.0475. The Kier molecular flexibility index (Phi) is 4.75. The molecule has 25 heavy (non-hydrogen) atoms. The molecule has 0 radical (unpaired) electrons. The highest BCUT2D eigenvalue weighted by molar-refractivity contribution is 5.81. The van der Waals surface area contributed by atoms with E-state index in [1.165, 1.54) is 12.8 Å². The van der Waals surface area contributed by atoms with Crippen LogP contribution in [0.1, 0.15) is 31.2 Å². The maximum atomic E-state index is 12.7. The van der Waals surface area contributed by atoms with Crippen molar-refractivity contribution < 1.29 is 9.59 Å². The third-order valence-corrected chi connectivity index (χ3v) is 5.72. The molecule has 2 amide bonds. The van der Waals surface area contributed by atoms with Crippen molar-refractivity contribution in [2.45, 2.75) is 38.3 Å². The Morgan fingerprint density at radius 2 is 1.88 bits per heavy atom. The Morgan fingerprint density at radius 1 is 1.08 bits per heavy atom. The predicted molar refractivity (Wildman–Crippen MR) is 95.7 cm³/mol. The van der Waals surface area contributed by atoms with Gasteiger partial charge in [0.2, 0.25) is 11.8 Å². The van der Waals surface area contributed by atoms with E-state index in [9.17, 15) is 9.59 Å². The summed E-state index contributed by atoms with van der Waals surface area (Å²) in [6, 6.07) is 10.3. The van der Waals surface area contributed by atoms with E-state index in [0.717, 1.165) is 44.0 Å². The quantitative estimate of drug-likeness (QED) is 0.856. The topological polar surface area (TPSA) is 52.7 Å². The van der Waals surface area contributed by atoms with Crippen molar-refractivity contribution in [2.75, 3.05) is 26.2 Å². The number of carbonyl (C=O) groups is 2. The van der Waals surface area contributed by atoms with Gasteiger partial charge in [0.05, 0.1) is 12.5 Å². The minimum atomic E-state index is 0.0475. The highest BCUT2D eigenvalue weighted by atomic mass is 16.2. The molecule has 5 nitrogen and oxygen atoms in total. The smallest absolute Gasteiger partial charge is 0.234 e. The number of hydrogen-bond acceptors (Lipinski definition) is 3. The minimum Gasteiger partial charge on any atom is -0.351 e. The van der Waals surface area contributed by atoms with Crippen LogP contribution in [0, 0.1) is 11.8 Å². The highest BCUT2D eigenvalue weighted by Gasteiger charge is 2.42. The molecule has 2 atom stereocenters. The third-order valence-electron chi connectivity index (χ3n) is 5.72. The summed E-state index contributed by atoms with van der Waals surface area (Å²) in [6.07, 6.45) is 4.61. The Bertz CT molecular complexity index is 629. The molecule has 5 heteroatoms. The van der Waals surface area contributed by atoms with Gasteiger partial charge in [-0.05, 0) is 37.2 Å². The van der Waals surface area contributed by atoms with Gasteiger partial charge in [-0.3, -0.25) is 14.5 Å². The van der Waals surface area contributed by atoms with E-state index in [2.05, 4.69) is 15.1 Å². The summed E-state index contributed by atoms with van der Waals surface area (Å²) in [5.41, 5.74) is 1.11. The first-order valence-electron chi connectivity index (χ1n) is 9.52. The molecule has 3 saturated heterocycles. The molecule has 3 heterocycles. The second kappa shape index (κ2) is 7.16.